The average Bonchev–Trinajstić information content (AvgIpc) is 3.35. The third kappa shape index (κ3) is 5.42. The zero-order chi connectivity index (χ0) is 28.4. The molecule has 0 unspecified atom stereocenters. The minimum absolute atomic E-state index is 0.0316. The first kappa shape index (κ1) is 28.0. The monoisotopic (exact) mass is 579 g/mol. The van der Waals surface area contributed by atoms with Crippen LogP contribution in [0.2, 0.25) is 5.02 Å². The predicted molar refractivity (Wildman–Crippen MR) is 155 cm³/mol. The Morgan fingerprint density at radius 1 is 1.10 bits per heavy atom. The highest BCUT2D eigenvalue weighted by Crippen LogP contribution is 2.40. The molecule has 4 aromatic rings. The van der Waals surface area contributed by atoms with Crippen LogP contribution in [-0.2, 0) is 6.54 Å². The van der Waals surface area contributed by atoms with Crippen LogP contribution in [0.5, 0.6) is 5.75 Å². The zero-order valence-corrected chi connectivity index (χ0v) is 23.7. The van der Waals surface area contributed by atoms with Gasteiger partial charge in [0.25, 0.3) is 5.91 Å². The van der Waals surface area contributed by atoms with Crippen LogP contribution < -0.4 is 10.1 Å². The van der Waals surface area contributed by atoms with Gasteiger partial charge in [0.05, 0.1) is 33.9 Å². The summed E-state index contributed by atoms with van der Waals surface area (Å²) >= 11 is 7.43. The van der Waals surface area contributed by atoms with Gasteiger partial charge in [0, 0.05) is 24.2 Å². The molecule has 1 aliphatic rings. The topological polar surface area (TPSA) is 65.4 Å². The van der Waals surface area contributed by atoms with Gasteiger partial charge in [0.15, 0.2) is 0 Å². The first-order valence-corrected chi connectivity index (χ1v) is 14.3. The molecule has 1 amide bonds. The summed E-state index contributed by atoms with van der Waals surface area (Å²) in [5.41, 5.74) is 3.07. The van der Waals surface area contributed by atoms with E-state index >= 15 is 0 Å². The molecule has 206 valence electrons. The fourth-order valence-corrected chi connectivity index (χ4v) is 6.95. The Hall–Kier alpha value is -3.51. The van der Waals surface area contributed by atoms with Crippen LogP contribution in [-0.4, -0.2) is 37.0 Å². The van der Waals surface area contributed by atoms with Gasteiger partial charge in [0.1, 0.15) is 22.3 Å². The van der Waals surface area contributed by atoms with Crippen LogP contribution in [0.25, 0.3) is 21.2 Å². The third-order valence-corrected chi connectivity index (χ3v) is 9.30. The third-order valence-electron chi connectivity index (χ3n) is 7.63. The summed E-state index contributed by atoms with van der Waals surface area (Å²) in [6.45, 7) is 0.220. The van der Waals surface area contributed by atoms with Crippen molar-refractivity contribution in [2.24, 2.45) is 0 Å². The smallest absolute Gasteiger partial charge is 0.266 e. The highest BCUT2D eigenvalue weighted by atomic mass is 35.5. The van der Waals surface area contributed by atoms with Crippen LogP contribution in [0, 0.1) is 23.0 Å². The molecule has 1 fully saturated rings. The molecule has 5 rings (SSSR count). The summed E-state index contributed by atoms with van der Waals surface area (Å²) in [7, 11) is 3.51. The van der Waals surface area contributed by atoms with Crippen molar-refractivity contribution in [3.05, 3.63) is 87.3 Å². The average molecular weight is 580 g/mol. The summed E-state index contributed by atoms with van der Waals surface area (Å²) < 4.78 is 34.9. The number of benzene rings is 3. The molecule has 9 heteroatoms. The maximum atomic E-state index is 14.6. The van der Waals surface area contributed by atoms with E-state index in [1.807, 2.05) is 43.4 Å². The summed E-state index contributed by atoms with van der Waals surface area (Å²) in [5, 5.41) is 12.5. The van der Waals surface area contributed by atoms with Crippen LogP contribution in [0.15, 0.2) is 54.6 Å². The molecule has 0 atom stereocenters. The summed E-state index contributed by atoms with van der Waals surface area (Å²) in [6.07, 6.45) is 3.34. The van der Waals surface area contributed by atoms with E-state index in [-0.39, 0.29) is 38.5 Å². The SMILES string of the molecule is CN[C@H]1CC[C@H](N(Cc2cc(-c3cccc(C#N)c3)ccc2OC)C(=O)c2sc3c(F)ccc(F)c3c2Cl)CC1. The fourth-order valence-electron chi connectivity index (χ4n) is 5.44. The number of halogens is 3. The number of methoxy groups -OCH3 is 1. The molecule has 1 aliphatic carbocycles. The van der Waals surface area contributed by atoms with E-state index in [0.717, 1.165) is 65.8 Å². The summed E-state index contributed by atoms with van der Waals surface area (Å²) in [5.74, 6) is -1.03. The van der Waals surface area contributed by atoms with Crippen LogP contribution in [0.4, 0.5) is 8.78 Å². The Kier molecular flexibility index (Phi) is 8.36. The Morgan fingerprint density at radius 3 is 2.50 bits per heavy atom. The van der Waals surface area contributed by atoms with E-state index in [9.17, 15) is 18.8 Å². The van der Waals surface area contributed by atoms with Gasteiger partial charge in [-0.3, -0.25) is 4.79 Å². The molecule has 40 heavy (non-hydrogen) atoms. The van der Waals surface area contributed by atoms with Gasteiger partial charge in [0.2, 0.25) is 0 Å². The van der Waals surface area contributed by atoms with Crippen molar-refractivity contribution in [2.75, 3.05) is 14.2 Å². The number of thiophene rings is 1. The number of hydrogen-bond donors (Lipinski definition) is 1. The largest absolute Gasteiger partial charge is 0.496 e. The van der Waals surface area contributed by atoms with E-state index < -0.39 is 11.6 Å². The predicted octanol–water partition coefficient (Wildman–Crippen LogP) is 7.55. The number of ether oxygens (including phenoxy) is 1. The molecule has 0 bridgehead atoms. The van der Waals surface area contributed by atoms with E-state index in [4.69, 9.17) is 16.3 Å². The first-order chi connectivity index (χ1) is 19.3. The lowest BCUT2D eigenvalue weighted by Gasteiger charge is -2.37. The van der Waals surface area contributed by atoms with Crippen molar-refractivity contribution in [3.63, 3.8) is 0 Å². The van der Waals surface area contributed by atoms with Gasteiger partial charge in [-0.25, -0.2) is 8.78 Å². The molecule has 0 aliphatic heterocycles. The molecular weight excluding hydrogens is 552 g/mol. The van der Waals surface area contributed by atoms with Crippen molar-refractivity contribution in [1.82, 2.24) is 10.2 Å². The van der Waals surface area contributed by atoms with Crippen LogP contribution in [0.3, 0.4) is 0 Å². The molecule has 1 saturated carbocycles. The number of carbonyl (C=O) groups excluding carboxylic acids is 1. The minimum atomic E-state index is -0.660. The molecule has 0 saturated heterocycles. The Labute approximate surface area is 240 Å². The molecular formula is C31H28ClF2N3O2S. The molecule has 3 aromatic carbocycles. The number of rotatable bonds is 7. The van der Waals surface area contributed by atoms with E-state index in [1.165, 1.54) is 0 Å². The van der Waals surface area contributed by atoms with Crippen LogP contribution >= 0.6 is 22.9 Å². The van der Waals surface area contributed by atoms with Gasteiger partial charge >= 0.3 is 0 Å². The second kappa shape index (κ2) is 11.9. The molecule has 1 N–H and O–H groups in total. The molecule has 0 radical (unpaired) electrons. The first-order valence-electron chi connectivity index (χ1n) is 13.1. The summed E-state index contributed by atoms with van der Waals surface area (Å²) in [4.78, 5) is 16.1. The number of amides is 1. The van der Waals surface area contributed by atoms with Crippen molar-refractivity contribution in [3.8, 4) is 22.9 Å². The number of nitriles is 1. The van der Waals surface area contributed by atoms with E-state index in [2.05, 4.69) is 11.4 Å². The number of fused-ring (bicyclic) bond motifs is 1. The van der Waals surface area contributed by atoms with Crippen molar-refractivity contribution < 1.29 is 18.3 Å². The second-order valence-electron chi connectivity index (χ2n) is 9.92. The van der Waals surface area contributed by atoms with E-state index in [1.54, 1.807) is 18.1 Å². The van der Waals surface area contributed by atoms with Gasteiger partial charge in [-0.15, -0.1) is 11.3 Å². The Morgan fingerprint density at radius 2 is 1.82 bits per heavy atom. The lowest BCUT2D eigenvalue weighted by Crippen LogP contribution is -2.44. The minimum Gasteiger partial charge on any atom is -0.496 e. The van der Waals surface area contributed by atoms with Gasteiger partial charge < -0.3 is 15.0 Å². The van der Waals surface area contributed by atoms with Crippen LogP contribution in [0.1, 0.15) is 46.5 Å². The van der Waals surface area contributed by atoms with E-state index in [0.29, 0.717) is 17.4 Å². The molecule has 1 heterocycles. The maximum absolute atomic E-state index is 14.6. The maximum Gasteiger partial charge on any atom is 0.266 e. The van der Waals surface area contributed by atoms with Crippen molar-refractivity contribution in [1.29, 1.82) is 5.26 Å². The number of nitrogens with zero attached hydrogens (tertiary/aromatic N) is 2. The number of nitrogens with one attached hydrogen (secondary N) is 1. The zero-order valence-electron chi connectivity index (χ0n) is 22.1. The summed E-state index contributed by atoms with van der Waals surface area (Å²) in [6, 6.07) is 17.6. The molecule has 5 nitrogen and oxygen atoms in total. The standard InChI is InChI=1S/C31H28ClF2N3O2S/c1-36-22-7-9-23(10-8-22)37(31(38)30-28(32)27-24(33)11-12-25(34)29(27)40-30)17-21-15-20(6-13-26(21)39-2)19-5-3-4-18(14-19)16-35/h3-6,11-15,22-23,36H,7-10,17H2,1-2H3/t22-,23-. The Bertz CT molecular complexity index is 1610. The number of carbonyl (C=O) groups is 1. The van der Waals surface area contributed by atoms with Crippen molar-refractivity contribution in [2.45, 2.75) is 44.3 Å². The quantitative estimate of drug-likeness (QED) is 0.245. The molecule has 1 aromatic heterocycles. The van der Waals surface area contributed by atoms with Crippen molar-refractivity contribution >= 4 is 38.9 Å². The Balaban J connectivity index is 1.56. The highest BCUT2D eigenvalue weighted by molar-refractivity contribution is 7.21. The second-order valence-corrected chi connectivity index (χ2v) is 11.3. The lowest BCUT2D eigenvalue weighted by molar-refractivity contribution is 0.0604. The fraction of sp³-hybridized carbons (Fsp3) is 0.290. The van der Waals surface area contributed by atoms with Gasteiger partial charge in [-0.05, 0) is 80.3 Å². The lowest BCUT2D eigenvalue weighted by atomic mass is 9.89. The molecule has 0 spiro atoms. The van der Waals surface area contributed by atoms with Gasteiger partial charge in [-0.2, -0.15) is 5.26 Å². The highest BCUT2D eigenvalue weighted by Gasteiger charge is 2.33. The normalized spacial score (nSPS) is 17.0. The number of hydrogen-bond acceptors (Lipinski definition) is 5. The van der Waals surface area contributed by atoms with Gasteiger partial charge in [-0.1, -0.05) is 29.8 Å².